The van der Waals surface area contributed by atoms with E-state index in [1.165, 1.54) is 11.3 Å². The molecule has 4 heteroatoms. The molecule has 0 N–H and O–H groups in total. The molecule has 15 heavy (non-hydrogen) atoms. The molecule has 0 bridgehead atoms. The molecule has 0 fully saturated rings. The van der Waals surface area contributed by atoms with Gasteiger partial charge in [-0.05, 0) is 11.0 Å². The van der Waals surface area contributed by atoms with Gasteiger partial charge in [0.05, 0.1) is 0 Å². The lowest BCUT2D eigenvalue weighted by Gasteiger charge is -2.02. The van der Waals surface area contributed by atoms with Crippen molar-refractivity contribution in [3.63, 3.8) is 0 Å². The molecular formula is C11H6N2OS. The maximum atomic E-state index is 11.8. The number of nitrogens with zero attached hydrogens (tertiary/aromatic N) is 2. The molecule has 0 saturated carbocycles. The SMILES string of the molecule is CC1C(=O)c2cscc2C1=C(C#N)C#N. The third kappa shape index (κ3) is 1.20. The van der Waals surface area contributed by atoms with Gasteiger partial charge < -0.3 is 0 Å². The summed E-state index contributed by atoms with van der Waals surface area (Å²) >= 11 is 1.42. The van der Waals surface area contributed by atoms with E-state index in [1.807, 2.05) is 17.5 Å². The van der Waals surface area contributed by atoms with Gasteiger partial charge in [-0.2, -0.15) is 21.9 Å². The number of nitriles is 2. The van der Waals surface area contributed by atoms with Crippen molar-refractivity contribution in [1.82, 2.24) is 0 Å². The number of carbonyl (C=O) groups excluding carboxylic acids is 1. The lowest BCUT2D eigenvalue weighted by molar-refractivity contribution is 0.0966. The second-order valence-corrected chi connectivity index (χ2v) is 4.04. The summed E-state index contributed by atoms with van der Waals surface area (Å²) in [6.07, 6.45) is 0. The van der Waals surface area contributed by atoms with Gasteiger partial charge in [-0.25, -0.2) is 0 Å². The van der Waals surface area contributed by atoms with Crippen LogP contribution in [-0.4, -0.2) is 5.78 Å². The number of allylic oxidation sites excluding steroid dienone is 2. The molecule has 3 nitrogen and oxygen atoms in total. The Bertz CT molecular complexity index is 538. The molecular weight excluding hydrogens is 208 g/mol. The van der Waals surface area contributed by atoms with Gasteiger partial charge in [0, 0.05) is 22.4 Å². The van der Waals surface area contributed by atoms with Crippen LogP contribution in [0.25, 0.3) is 5.57 Å². The molecule has 1 unspecified atom stereocenters. The van der Waals surface area contributed by atoms with Gasteiger partial charge in [-0.1, -0.05) is 6.92 Å². The highest BCUT2D eigenvalue weighted by atomic mass is 32.1. The molecule has 1 aromatic rings. The molecule has 1 aromatic heterocycles. The molecule has 0 spiro atoms. The molecule has 72 valence electrons. The Labute approximate surface area is 90.9 Å². The average molecular weight is 214 g/mol. The Kier molecular flexibility index (Phi) is 2.15. The van der Waals surface area contributed by atoms with Crippen LogP contribution in [0.3, 0.4) is 0 Å². The van der Waals surface area contributed by atoms with Crippen LogP contribution in [0.1, 0.15) is 22.8 Å². The smallest absolute Gasteiger partial charge is 0.171 e. The second kappa shape index (κ2) is 3.34. The summed E-state index contributed by atoms with van der Waals surface area (Å²) in [7, 11) is 0. The van der Waals surface area contributed by atoms with Crippen molar-refractivity contribution >= 4 is 22.7 Å². The van der Waals surface area contributed by atoms with Crippen LogP contribution in [0.15, 0.2) is 16.3 Å². The van der Waals surface area contributed by atoms with Crippen molar-refractivity contribution in [3.05, 3.63) is 27.5 Å². The van der Waals surface area contributed by atoms with Gasteiger partial charge in [0.15, 0.2) is 5.78 Å². The number of fused-ring (bicyclic) bond motifs is 1. The zero-order valence-electron chi connectivity index (χ0n) is 7.94. The first kappa shape index (κ1) is 9.64. The topological polar surface area (TPSA) is 64.7 Å². The molecule has 1 aliphatic carbocycles. The predicted molar refractivity (Wildman–Crippen MR) is 56.0 cm³/mol. The average Bonchev–Trinajstić information content (AvgIpc) is 2.78. The van der Waals surface area contributed by atoms with Crippen molar-refractivity contribution in [2.45, 2.75) is 6.92 Å². The Balaban J connectivity index is 2.75. The molecule has 1 heterocycles. The van der Waals surface area contributed by atoms with E-state index in [0.717, 1.165) is 5.56 Å². The van der Waals surface area contributed by atoms with Crippen LogP contribution >= 0.6 is 11.3 Å². The first-order valence-electron chi connectivity index (χ1n) is 4.35. The van der Waals surface area contributed by atoms with Gasteiger partial charge in [-0.3, -0.25) is 4.79 Å². The molecule has 1 aliphatic rings. The Morgan fingerprint density at radius 1 is 1.33 bits per heavy atom. The third-order valence-corrected chi connectivity index (χ3v) is 3.28. The summed E-state index contributed by atoms with van der Waals surface area (Å²) in [5.41, 5.74) is 2.04. The molecule has 2 rings (SSSR count). The summed E-state index contributed by atoms with van der Waals surface area (Å²) in [6.45, 7) is 1.73. The largest absolute Gasteiger partial charge is 0.293 e. The first-order chi connectivity index (χ1) is 7.20. The summed E-state index contributed by atoms with van der Waals surface area (Å²) < 4.78 is 0. The number of thiophene rings is 1. The van der Waals surface area contributed by atoms with Crippen LogP contribution in [0, 0.1) is 28.6 Å². The highest BCUT2D eigenvalue weighted by molar-refractivity contribution is 7.08. The second-order valence-electron chi connectivity index (χ2n) is 3.30. The minimum atomic E-state index is -0.363. The van der Waals surface area contributed by atoms with Crippen LogP contribution in [0.2, 0.25) is 0 Å². The van der Waals surface area contributed by atoms with Gasteiger partial charge in [-0.15, -0.1) is 0 Å². The standard InChI is InChI=1S/C11H6N2OS/c1-6-10(7(2-12)3-13)8-4-15-5-9(8)11(6)14/h4-6H,1H3. The number of carbonyl (C=O) groups is 1. The minimum Gasteiger partial charge on any atom is -0.293 e. The highest BCUT2D eigenvalue weighted by Crippen LogP contribution is 2.40. The van der Waals surface area contributed by atoms with Crippen molar-refractivity contribution in [2.24, 2.45) is 5.92 Å². The molecule has 1 atom stereocenters. The molecule has 0 radical (unpaired) electrons. The summed E-state index contributed by atoms with van der Waals surface area (Å²) in [5, 5.41) is 21.2. The first-order valence-corrected chi connectivity index (χ1v) is 5.30. The molecule has 0 saturated heterocycles. The summed E-state index contributed by atoms with van der Waals surface area (Å²) in [4.78, 5) is 11.8. The van der Waals surface area contributed by atoms with Gasteiger partial charge in [0.1, 0.15) is 17.7 Å². The van der Waals surface area contributed by atoms with Crippen molar-refractivity contribution in [1.29, 1.82) is 10.5 Å². The Morgan fingerprint density at radius 2 is 1.93 bits per heavy atom. The molecule has 0 aromatic carbocycles. The quantitative estimate of drug-likeness (QED) is 0.623. The fourth-order valence-corrected chi connectivity index (χ4v) is 2.63. The molecule has 0 aliphatic heterocycles. The van der Waals surface area contributed by atoms with Crippen molar-refractivity contribution in [2.75, 3.05) is 0 Å². The monoisotopic (exact) mass is 214 g/mol. The normalized spacial score (nSPS) is 18.2. The zero-order valence-corrected chi connectivity index (χ0v) is 8.76. The fourth-order valence-electron chi connectivity index (χ4n) is 1.79. The van der Waals surface area contributed by atoms with E-state index in [2.05, 4.69) is 0 Å². The van der Waals surface area contributed by atoms with Crippen molar-refractivity contribution in [3.8, 4) is 12.1 Å². The summed E-state index contributed by atoms with van der Waals surface area (Å²) in [5.74, 6) is -0.359. The number of rotatable bonds is 0. The van der Waals surface area contributed by atoms with Gasteiger partial charge in [0.25, 0.3) is 0 Å². The summed E-state index contributed by atoms with van der Waals surface area (Å²) in [6, 6.07) is 3.69. The Hall–Kier alpha value is -1.91. The number of hydrogen-bond acceptors (Lipinski definition) is 4. The maximum Gasteiger partial charge on any atom is 0.171 e. The predicted octanol–water partition coefficient (Wildman–Crippen LogP) is 2.38. The van der Waals surface area contributed by atoms with Crippen LogP contribution in [0.4, 0.5) is 0 Å². The molecule has 0 amide bonds. The number of ketones is 1. The zero-order chi connectivity index (χ0) is 11.0. The lowest BCUT2D eigenvalue weighted by atomic mass is 9.97. The Morgan fingerprint density at radius 3 is 2.53 bits per heavy atom. The maximum absolute atomic E-state index is 11.8. The van der Waals surface area contributed by atoms with E-state index in [-0.39, 0.29) is 17.3 Å². The minimum absolute atomic E-state index is 0.00394. The number of hydrogen-bond donors (Lipinski definition) is 0. The lowest BCUT2D eigenvalue weighted by Crippen LogP contribution is -2.03. The van der Waals surface area contributed by atoms with E-state index in [9.17, 15) is 4.79 Å². The van der Waals surface area contributed by atoms with E-state index < -0.39 is 0 Å². The van der Waals surface area contributed by atoms with E-state index in [4.69, 9.17) is 10.5 Å². The van der Waals surface area contributed by atoms with Crippen molar-refractivity contribution < 1.29 is 4.79 Å². The van der Waals surface area contributed by atoms with Gasteiger partial charge in [0.2, 0.25) is 0 Å². The van der Waals surface area contributed by atoms with Crippen LogP contribution < -0.4 is 0 Å². The van der Waals surface area contributed by atoms with E-state index in [0.29, 0.717) is 11.1 Å². The van der Waals surface area contributed by atoms with E-state index in [1.54, 1.807) is 12.3 Å². The number of Topliss-reactive ketones (excluding diaryl/α,β-unsaturated/α-hetero) is 1. The van der Waals surface area contributed by atoms with Crippen LogP contribution in [0.5, 0.6) is 0 Å². The fraction of sp³-hybridized carbons (Fsp3) is 0.182. The third-order valence-electron chi connectivity index (χ3n) is 2.54. The van der Waals surface area contributed by atoms with E-state index >= 15 is 0 Å². The van der Waals surface area contributed by atoms with Gasteiger partial charge >= 0.3 is 0 Å². The highest BCUT2D eigenvalue weighted by Gasteiger charge is 2.34. The van der Waals surface area contributed by atoms with Crippen LogP contribution in [-0.2, 0) is 0 Å².